The van der Waals surface area contributed by atoms with Crippen LogP contribution in [0.1, 0.15) is 11.1 Å². The van der Waals surface area contributed by atoms with E-state index in [1.165, 1.54) is 44.6 Å². The summed E-state index contributed by atoms with van der Waals surface area (Å²) in [5.41, 5.74) is 1.87. The van der Waals surface area contributed by atoms with Crippen LogP contribution in [0.5, 0.6) is 11.5 Å². The molecule has 1 amide bonds. The van der Waals surface area contributed by atoms with Crippen LogP contribution in [-0.4, -0.2) is 56.6 Å². The second kappa shape index (κ2) is 12.3. The molecule has 204 valence electrons. The molecule has 0 atom stereocenters. The molecule has 12 heteroatoms. The second-order valence-electron chi connectivity index (χ2n) is 8.42. The third-order valence-electron chi connectivity index (χ3n) is 5.61. The van der Waals surface area contributed by atoms with Crippen molar-refractivity contribution in [2.24, 2.45) is 0 Å². The lowest BCUT2D eigenvalue weighted by Crippen LogP contribution is -2.43. The lowest BCUT2D eigenvalue weighted by atomic mass is 10.2. The van der Waals surface area contributed by atoms with Crippen LogP contribution in [0.4, 0.5) is 5.69 Å². The van der Waals surface area contributed by atoms with Crippen molar-refractivity contribution < 1.29 is 31.1 Å². The van der Waals surface area contributed by atoms with Crippen LogP contribution in [0.15, 0.2) is 76.5 Å². The van der Waals surface area contributed by atoms with Crippen molar-refractivity contribution in [2.75, 3.05) is 38.2 Å². The Kier molecular flexibility index (Phi) is 9.36. The van der Waals surface area contributed by atoms with Gasteiger partial charge in [-0.1, -0.05) is 23.8 Å². The molecule has 3 aromatic rings. The maximum atomic E-state index is 13.7. The highest BCUT2D eigenvalue weighted by Crippen LogP contribution is 2.31. The fourth-order valence-electron chi connectivity index (χ4n) is 3.54. The van der Waals surface area contributed by atoms with Gasteiger partial charge in [0.15, 0.2) is 0 Å². The molecular formula is C26H31N3O7S2. The topological polar surface area (TPSA) is 131 Å². The number of methoxy groups -OCH3 is 2. The molecule has 0 bridgehead atoms. The van der Waals surface area contributed by atoms with Crippen LogP contribution in [0, 0.1) is 13.8 Å². The molecule has 0 heterocycles. The molecule has 0 radical (unpaired) electrons. The number of benzene rings is 3. The van der Waals surface area contributed by atoms with Gasteiger partial charge in [0.2, 0.25) is 15.9 Å². The number of amides is 1. The first-order chi connectivity index (χ1) is 18.0. The molecule has 0 unspecified atom stereocenters. The maximum Gasteiger partial charge on any atom is 0.268 e. The highest BCUT2D eigenvalue weighted by molar-refractivity contribution is 7.93. The lowest BCUT2D eigenvalue weighted by Gasteiger charge is -2.25. The van der Waals surface area contributed by atoms with Crippen molar-refractivity contribution in [3.05, 3.63) is 77.9 Å². The first-order valence-electron chi connectivity index (χ1n) is 11.6. The van der Waals surface area contributed by atoms with Crippen molar-refractivity contribution in [3.8, 4) is 11.5 Å². The average molecular weight is 562 g/mol. The van der Waals surface area contributed by atoms with Crippen molar-refractivity contribution >= 4 is 31.6 Å². The number of nitrogens with one attached hydrogen (secondary N) is 2. The van der Waals surface area contributed by atoms with Gasteiger partial charge in [0, 0.05) is 13.1 Å². The van der Waals surface area contributed by atoms with E-state index >= 15 is 0 Å². The molecule has 3 aromatic carbocycles. The lowest BCUT2D eigenvalue weighted by molar-refractivity contribution is -0.119. The number of anilines is 1. The van der Waals surface area contributed by atoms with E-state index in [4.69, 9.17) is 9.47 Å². The Hall–Kier alpha value is -3.61. The fraction of sp³-hybridized carbons (Fsp3) is 0.269. The number of hydrogen-bond donors (Lipinski definition) is 2. The van der Waals surface area contributed by atoms with Crippen molar-refractivity contribution in [1.82, 2.24) is 10.0 Å². The quantitative estimate of drug-likeness (QED) is 0.325. The zero-order valence-electron chi connectivity index (χ0n) is 21.6. The predicted molar refractivity (Wildman–Crippen MR) is 145 cm³/mol. The third kappa shape index (κ3) is 7.03. The van der Waals surface area contributed by atoms with E-state index in [1.807, 2.05) is 6.92 Å². The maximum absolute atomic E-state index is 13.7. The average Bonchev–Trinajstić information content (AvgIpc) is 2.90. The fourth-order valence-corrected chi connectivity index (χ4v) is 6.24. The molecule has 2 N–H and O–H groups in total. The van der Waals surface area contributed by atoms with Gasteiger partial charge < -0.3 is 14.8 Å². The van der Waals surface area contributed by atoms with Gasteiger partial charge in [-0.05, 0) is 67.9 Å². The largest absolute Gasteiger partial charge is 0.497 e. The van der Waals surface area contributed by atoms with Crippen LogP contribution < -0.4 is 23.8 Å². The molecule has 0 saturated heterocycles. The number of nitrogens with zero attached hydrogens (tertiary/aromatic N) is 1. The monoisotopic (exact) mass is 561 g/mol. The van der Waals surface area contributed by atoms with Crippen LogP contribution >= 0.6 is 0 Å². The summed E-state index contributed by atoms with van der Waals surface area (Å²) >= 11 is 0. The van der Waals surface area contributed by atoms with E-state index in [2.05, 4.69) is 10.0 Å². The molecule has 10 nitrogen and oxygen atoms in total. The van der Waals surface area contributed by atoms with Gasteiger partial charge in [0.25, 0.3) is 10.0 Å². The number of carbonyl (C=O) groups excluding carboxylic acids is 1. The summed E-state index contributed by atoms with van der Waals surface area (Å²) in [5.74, 6) is 0.0372. The number of rotatable bonds is 12. The Balaban J connectivity index is 1.77. The van der Waals surface area contributed by atoms with Crippen LogP contribution in [0.25, 0.3) is 0 Å². The first-order valence-corrected chi connectivity index (χ1v) is 14.5. The molecular weight excluding hydrogens is 530 g/mol. The Morgan fingerprint density at radius 1 is 0.816 bits per heavy atom. The van der Waals surface area contributed by atoms with E-state index in [0.717, 1.165) is 9.87 Å². The number of hydrogen-bond acceptors (Lipinski definition) is 7. The van der Waals surface area contributed by atoms with Gasteiger partial charge in [0.05, 0.1) is 24.8 Å². The van der Waals surface area contributed by atoms with Gasteiger partial charge in [-0.25, -0.2) is 21.6 Å². The molecule has 0 fully saturated rings. The SMILES string of the molecule is COc1ccc(N(CC(=O)NCCNS(=O)(=O)c2ccc(C)cc2)S(=O)(=O)c2cc(C)ccc2OC)cc1. The smallest absolute Gasteiger partial charge is 0.268 e. The molecule has 0 spiro atoms. The summed E-state index contributed by atoms with van der Waals surface area (Å²) in [6.07, 6.45) is 0. The van der Waals surface area contributed by atoms with Gasteiger partial charge in [-0.2, -0.15) is 0 Å². The molecule has 0 aliphatic carbocycles. The van der Waals surface area contributed by atoms with E-state index in [-0.39, 0.29) is 34.3 Å². The Morgan fingerprint density at radius 2 is 1.45 bits per heavy atom. The molecule has 0 aliphatic rings. The number of sulfonamides is 2. The van der Waals surface area contributed by atoms with Gasteiger partial charge >= 0.3 is 0 Å². The number of aryl methyl sites for hydroxylation is 2. The molecule has 0 saturated carbocycles. The minimum absolute atomic E-state index is 0.0474. The summed E-state index contributed by atoms with van der Waals surface area (Å²) in [6.45, 7) is 2.93. The van der Waals surface area contributed by atoms with Crippen LogP contribution in [0.2, 0.25) is 0 Å². The summed E-state index contributed by atoms with van der Waals surface area (Å²) in [4.78, 5) is 12.9. The van der Waals surface area contributed by atoms with E-state index in [9.17, 15) is 21.6 Å². The number of ether oxygens (including phenoxy) is 2. The van der Waals surface area contributed by atoms with Crippen LogP contribution in [0.3, 0.4) is 0 Å². The van der Waals surface area contributed by atoms with Gasteiger partial charge in [-0.3, -0.25) is 9.10 Å². The van der Waals surface area contributed by atoms with Crippen molar-refractivity contribution in [1.29, 1.82) is 0 Å². The standard InChI is InChI=1S/C26H31N3O7S2/c1-19-5-12-23(13-6-19)37(31,32)28-16-15-27-26(30)18-29(21-8-10-22(35-3)11-9-21)38(33,34)25-17-20(2)7-14-24(25)36-4/h5-14,17,28H,15-16,18H2,1-4H3,(H,27,30). The predicted octanol–water partition coefficient (Wildman–Crippen LogP) is 2.61. The Morgan fingerprint density at radius 3 is 2.05 bits per heavy atom. The van der Waals surface area contributed by atoms with Crippen LogP contribution in [-0.2, 0) is 24.8 Å². The minimum atomic E-state index is -4.23. The summed E-state index contributed by atoms with van der Waals surface area (Å²) < 4.78 is 66.2. The highest BCUT2D eigenvalue weighted by Gasteiger charge is 2.30. The zero-order valence-corrected chi connectivity index (χ0v) is 23.2. The van der Waals surface area contributed by atoms with Gasteiger partial charge in [-0.15, -0.1) is 0 Å². The third-order valence-corrected chi connectivity index (χ3v) is 8.88. The summed E-state index contributed by atoms with van der Waals surface area (Å²) in [5, 5.41) is 2.57. The minimum Gasteiger partial charge on any atom is -0.497 e. The normalized spacial score (nSPS) is 11.6. The highest BCUT2D eigenvalue weighted by atomic mass is 32.2. The molecule has 0 aromatic heterocycles. The van der Waals surface area contributed by atoms with Crippen molar-refractivity contribution in [2.45, 2.75) is 23.6 Å². The summed E-state index contributed by atoms with van der Waals surface area (Å²) in [6, 6.07) is 17.3. The second-order valence-corrected chi connectivity index (χ2v) is 12.0. The Bertz CT molecular complexity index is 1470. The van der Waals surface area contributed by atoms with Crippen molar-refractivity contribution in [3.63, 3.8) is 0 Å². The first kappa shape index (κ1) is 29.0. The molecule has 0 aliphatic heterocycles. The number of carbonyl (C=O) groups is 1. The Labute approximate surface area is 223 Å². The van der Waals surface area contributed by atoms with E-state index in [0.29, 0.717) is 11.3 Å². The summed E-state index contributed by atoms with van der Waals surface area (Å²) in [7, 11) is -5.13. The molecule has 3 rings (SSSR count). The van der Waals surface area contributed by atoms with E-state index in [1.54, 1.807) is 43.3 Å². The van der Waals surface area contributed by atoms with Gasteiger partial charge in [0.1, 0.15) is 22.9 Å². The van der Waals surface area contributed by atoms with E-state index < -0.39 is 32.5 Å². The zero-order chi connectivity index (χ0) is 27.9. The molecule has 38 heavy (non-hydrogen) atoms.